The lowest BCUT2D eigenvalue weighted by Gasteiger charge is -2.34. The van der Waals surface area contributed by atoms with Crippen molar-refractivity contribution in [1.82, 2.24) is 5.32 Å². The van der Waals surface area contributed by atoms with E-state index in [9.17, 15) is 15.0 Å². The minimum atomic E-state index is -0.838. The van der Waals surface area contributed by atoms with Crippen molar-refractivity contribution in [1.29, 1.82) is 0 Å². The molecule has 2 aliphatic rings. The number of hydrogen-bond donors (Lipinski definition) is 3. The van der Waals surface area contributed by atoms with Crippen LogP contribution in [0.15, 0.2) is 35.7 Å². The molecule has 5 heteroatoms. The van der Waals surface area contributed by atoms with Crippen LogP contribution in [0.25, 0.3) is 0 Å². The van der Waals surface area contributed by atoms with Crippen LogP contribution in [0.5, 0.6) is 0 Å². The molecule has 0 saturated heterocycles. The lowest BCUT2D eigenvalue weighted by molar-refractivity contribution is -0.139. The first-order chi connectivity index (χ1) is 9.70. The molecule has 0 radical (unpaired) electrons. The summed E-state index contributed by atoms with van der Waals surface area (Å²) in [5.41, 5.74) is 3.31. The van der Waals surface area contributed by atoms with Crippen LogP contribution < -0.4 is 10.2 Å². The van der Waals surface area contributed by atoms with E-state index in [0.717, 1.165) is 30.8 Å². The van der Waals surface area contributed by atoms with Gasteiger partial charge < -0.3 is 20.4 Å². The number of para-hydroxylation sites is 1. The third-order valence-electron chi connectivity index (χ3n) is 4.01. The molecular formula is C15H18N2O3. The Morgan fingerprint density at radius 3 is 2.95 bits per heavy atom. The number of carbonyl (C=O) groups is 1. The number of anilines is 1. The van der Waals surface area contributed by atoms with Crippen molar-refractivity contribution >= 4 is 11.7 Å². The topological polar surface area (TPSA) is 72.8 Å². The zero-order chi connectivity index (χ0) is 14.1. The highest BCUT2D eigenvalue weighted by Crippen LogP contribution is 2.35. The molecular weight excluding hydrogens is 256 g/mol. The fourth-order valence-electron chi connectivity index (χ4n) is 3.02. The number of fused-ring (bicyclic) bond motifs is 1. The number of carboxylic acids is 1. The molecule has 1 aromatic carbocycles. The van der Waals surface area contributed by atoms with Gasteiger partial charge in [0.1, 0.15) is 18.6 Å². The Morgan fingerprint density at radius 2 is 2.20 bits per heavy atom. The van der Waals surface area contributed by atoms with Crippen molar-refractivity contribution in [2.75, 3.05) is 11.6 Å². The van der Waals surface area contributed by atoms with Crippen molar-refractivity contribution in [3.8, 4) is 0 Å². The minimum Gasteiger partial charge on any atom is -0.480 e. The highest BCUT2D eigenvalue weighted by atomic mass is 16.4. The molecule has 0 spiro atoms. The highest BCUT2D eigenvalue weighted by Gasteiger charge is 2.30. The van der Waals surface area contributed by atoms with Gasteiger partial charge in [0.25, 0.3) is 0 Å². The van der Waals surface area contributed by atoms with Crippen LogP contribution in [0.2, 0.25) is 0 Å². The molecule has 0 bridgehead atoms. The predicted molar refractivity (Wildman–Crippen MR) is 75.1 cm³/mol. The van der Waals surface area contributed by atoms with Crippen LogP contribution >= 0.6 is 0 Å². The van der Waals surface area contributed by atoms with E-state index in [1.807, 2.05) is 18.2 Å². The summed E-state index contributed by atoms with van der Waals surface area (Å²) in [6.45, 7) is -0.158. The Balaban J connectivity index is 2.00. The van der Waals surface area contributed by atoms with Crippen LogP contribution in [0.3, 0.4) is 0 Å². The van der Waals surface area contributed by atoms with Crippen molar-refractivity contribution in [2.45, 2.75) is 31.7 Å². The molecule has 0 aliphatic carbocycles. The molecule has 3 N–H and O–H groups in total. The molecule has 0 aromatic heterocycles. The molecule has 0 fully saturated rings. The second kappa shape index (κ2) is 5.17. The SMILES string of the molecule is O=C(O)C1CCCC2=C(N1)N(CO)c1ccccc1C2. The second-order valence-electron chi connectivity index (χ2n) is 5.25. The number of allylic oxidation sites excluding steroid dienone is 1. The maximum Gasteiger partial charge on any atom is 0.326 e. The molecule has 106 valence electrons. The second-order valence-corrected chi connectivity index (χ2v) is 5.25. The molecule has 0 saturated carbocycles. The van der Waals surface area contributed by atoms with Crippen LogP contribution in [0, 0.1) is 0 Å². The summed E-state index contributed by atoms with van der Waals surface area (Å²) in [7, 11) is 0. The van der Waals surface area contributed by atoms with Crippen LogP contribution in [0.1, 0.15) is 24.8 Å². The fourth-order valence-corrected chi connectivity index (χ4v) is 3.02. The first kappa shape index (κ1) is 13.0. The van der Waals surface area contributed by atoms with Gasteiger partial charge in [-0.25, -0.2) is 4.79 Å². The molecule has 0 amide bonds. The molecule has 1 unspecified atom stereocenters. The van der Waals surface area contributed by atoms with Gasteiger partial charge in [0, 0.05) is 5.69 Å². The first-order valence-electron chi connectivity index (χ1n) is 6.88. The monoisotopic (exact) mass is 274 g/mol. The Labute approximate surface area is 117 Å². The number of aliphatic carboxylic acids is 1. The first-order valence-corrected chi connectivity index (χ1v) is 6.88. The quantitative estimate of drug-likeness (QED) is 0.761. The maximum absolute atomic E-state index is 11.3. The summed E-state index contributed by atoms with van der Waals surface area (Å²) in [6.07, 6.45) is 3.15. The van der Waals surface area contributed by atoms with Crippen molar-refractivity contribution in [3.63, 3.8) is 0 Å². The fraction of sp³-hybridized carbons (Fsp3) is 0.400. The van der Waals surface area contributed by atoms with Crippen LogP contribution in [0.4, 0.5) is 5.69 Å². The van der Waals surface area contributed by atoms with Crippen molar-refractivity contribution in [3.05, 3.63) is 41.2 Å². The zero-order valence-corrected chi connectivity index (χ0v) is 11.2. The van der Waals surface area contributed by atoms with Gasteiger partial charge in [0.05, 0.1) is 0 Å². The van der Waals surface area contributed by atoms with E-state index in [1.165, 1.54) is 11.1 Å². The molecule has 1 aromatic rings. The third kappa shape index (κ3) is 2.14. The number of nitrogens with one attached hydrogen (secondary N) is 1. The van der Waals surface area contributed by atoms with Gasteiger partial charge in [-0.2, -0.15) is 0 Å². The number of nitrogens with zero attached hydrogens (tertiary/aromatic N) is 1. The Hall–Kier alpha value is -2.01. The Kier molecular flexibility index (Phi) is 3.36. The summed E-state index contributed by atoms with van der Waals surface area (Å²) in [4.78, 5) is 13.0. The van der Waals surface area contributed by atoms with E-state index < -0.39 is 12.0 Å². The van der Waals surface area contributed by atoms with Gasteiger partial charge in [-0.3, -0.25) is 0 Å². The lowest BCUT2D eigenvalue weighted by Crippen LogP contribution is -2.43. The lowest BCUT2D eigenvalue weighted by atomic mass is 9.95. The number of aliphatic hydroxyl groups is 1. The zero-order valence-electron chi connectivity index (χ0n) is 11.2. The van der Waals surface area contributed by atoms with Gasteiger partial charge in [-0.1, -0.05) is 18.2 Å². The molecule has 2 aliphatic heterocycles. The van der Waals surface area contributed by atoms with Crippen molar-refractivity contribution in [2.24, 2.45) is 0 Å². The summed E-state index contributed by atoms with van der Waals surface area (Å²) in [5, 5.41) is 22.0. The smallest absolute Gasteiger partial charge is 0.326 e. The standard InChI is InChI=1S/C15H18N2O3/c18-9-17-13-7-2-1-4-10(13)8-11-5-3-6-12(15(19)20)16-14(11)17/h1-2,4,7,12,16,18H,3,5-6,8-9H2,(H,19,20). The summed E-state index contributed by atoms with van der Waals surface area (Å²) in [6, 6.07) is 7.35. The number of benzene rings is 1. The predicted octanol–water partition coefficient (Wildman–Crippen LogP) is 1.44. The molecule has 3 rings (SSSR count). The van der Waals surface area contributed by atoms with E-state index in [2.05, 4.69) is 11.4 Å². The van der Waals surface area contributed by atoms with E-state index in [0.29, 0.717) is 6.42 Å². The van der Waals surface area contributed by atoms with Gasteiger partial charge in [-0.15, -0.1) is 0 Å². The summed E-state index contributed by atoms with van der Waals surface area (Å²) in [5.74, 6) is -0.0633. The summed E-state index contributed by atoms with van der Waals surface area (Å²) >= 11 is 0. The third-order valence-corrected chi connectivity index (χ3v) is 4.01. The number of hydrogen-bond acceptors (Lipinski definition) is 4. The molecule has 2 heterocycles. The average Bonchev–Trinajstić information content (AvgIpc) is 2.66. The van der Waals surface area contributed by atoms with Crippen LogP contribution in [-0.4, -0.2) is 29.0 Å². The van der Waals surface area contributed by atoms with E-state index in [1.54, 1.807) is 4.90 Å². The van der Waals surface area contributed by atoms with Gasteiger partial charge in [-0.05, 0) is 42.9 Å². The van der Waals surface area contributed by atoms with Gasteiger partial charge in [0.15, 0.2) is 0 Å². The van der Waals surface area contributed by atoms with Gasteiger partial charge >= 0.3 is 5.97 Å². The number of aliphatic hydroxyl groups excluding tert-OH is 1. The molecule has 5 nitrogen and oxygen atoms in total. The number of rotatable bonds is 2. The normalized spacial score (nSPS) is 21.6. The largest absolute Gasteiger partial charge is 0.480 e. The van der Waals surface area contributed by atoms with E-state index in [4.69, 9.17) is 0 Å². The van der Waals surface area contributed by atoms with E-state index in [-0.39, 0.29) is 6.73 Å². The Bertz CT molecular complexity index is 568. The molecule has 1 atom stereocenters. The highest BCUT2D eigenvalue weighted by molar-refractivity contribution is 5.74. The maximum atomic E-state index is 11.3. The van der Waals surface area contributed by atoms with Crippen molar-refractivity contribution < 1.29 is 15.0 Å². The van der Waals surface area contributed by atoms with Crippen LogP contribution in [-0.2, 0) is 11.2 Å². The van der Waals surface area contributed by atoms with Gasteiger partial charge in [0.2, 0.25) is 0 Å². The summed E-state index contributed by atoms with van der Waals surface area (Å²) < 4.78 is 0. The average molecular weight is 274 g/mol. The minimum absolute atomic E-state index is 0.158. The molecule has 20 heavy (non-hydrogen) atoms. The number of carboxylic acid groups (broad SMARTS) is 1. The van der Waals surface area contributed by atoms with E-state index >= 15 is 0 Å². The Morgan fingerprint density at radius 1 is 1.40 bits per heavy atom.